The maximum absolute atomic E-state index is 12.7. The highest BCUT2D eigenvalue weighted by molar-refractivity contribution is 7.99. The van der Waals surface area contributed by atoms with Crippen LogP contribution in [0.4, 0.5) is 18.9 Å². The maximum Gasteiger partial charge on any atom is 0.416 e. The lowest BCUT2D eigenvalue weighted by molar-refractivity contribution is -0.137. The zero-order valence-electron chi connectivity index (χ0n) is 14.2. The Morgan fingerprint density at radius 3 is 2.56 bits per heavy atom. The predicted octanol–water partition coefficient (Wildman–Crippen LogP) is 4.33. The molecule has 0 aliphatic carbocycles. The van der Waals surface area contributed by atoms with Crippen LogP contribution in [0.25, 0.3) is 5.69 Å². The van der Waals surface area contributed by atoms with E-state index >= 15 is 0 Å². The molecule has 0 bridgehead atoms. The van der Waals surface area contributed by atoms with Crippen molar-refractivity contribution in [2.75, 3.05) is 11.1 Å². The van der Waals surface area contributed by atoms with E-state index in [9.17, 15) is 18.0 Å². The Morgan fingerprint density at radius 1 is 1.11 bits per heavy atom. The number of thioether (sulfide) groups is 1. The Bertz CT molecular complexity index is 941. The van der Waals surface area contributed by atoms with Gasteiger partial charge in [0.25, 0.3) is 0 Å². The lowest BCUT2D eigenvalue weighted by Crippen LogP contribution is -2.15. The molecule has 27 heavy (non-hydrogen) atoms. The molecule has 0 unspecified atom stereocenters. The molecule has 3 rings (SSSR count). The molecule has 3 aromatic rings. The van der Waals surface area contributed by atoms with E-state index < -0.39 is 17.6 Å². The van der Waals surface area contributed by atoms with Crippen LogP contribution in [0.2, 0.25) is 0 Å². The molecular formula is C18H15F3N4OS. The fraction of sp³-hybridized carbons (Fsp3) is 0.167. The van der Waals surface area contributed by atoms with E-state index in [0.717, 1.165) is 29.6 Å². The molecule has 0 saturated heterocycles. The molecule has 1 amide bonds. The highest BCUT2D eigenvalue weighted by Crippen LogP contribution is 2.30. The molecule has 0 aliphatic rings. The molecule has 5 nitrogen and oxygen atoms in total. The Labute approximate surface area is 157 Å². The number of nitrogens with zero attached hydrogens (tertiary/aromatic N) is 3. The van der Waals surface area contributed by atoms with Gasteiger partial charge in [0.2, 0.25) is 5.91 Å². The number of hydrogen-bond acceptors (Lipinski definition) is 4. The highest BCUT2D eigenvalue weighted by atomic mass is 32.2. The number of carbonyl (C=O) groups excluding carboxylic acids is 1. The van der Waals surface area contributed by atoms with Gasteiger partial charge >= 0.3 is 6.18 Å². The Morgan fingerprint density at radius 2 is 1.85 bits per heavy atom. The summed E-state index contributed by atoms with van der Waals surface area (Å²) >= 11 is 1.15. The van der Waals surface area contributed by atoms with Crippen molar-refractivity contribution in [3.8, 4) is 5.69 Å². The van der Waals surface area contributed by atoms with Crippen molar-refractivity contribution in [1.29, 1.82) is 0 Å². The van der Waals surface area contributed by atoms with Crippen molar-refractivity contribution in [3.63, 3.8) is 0 Å². The third kappa shape index (κ3) is 4.68. The topological polar surface area (TPSA) is 59.8 Å². The number of rotatable bonds is 5. The molecule has 0 spiro atoms. The van der Waals surface area contributed by atoms with Crippen molar-refractivity contribution < 1.29 is 18.0 Å². The number of halogens is 3. The van der Waals surface area contributed by atoms with Crippen LogP contribution in [0.1, 0.15) is 11.4 Å². The van der Waals surface area contributed by atoms with Crippen molar-refractivity contribution in [3.05, 3.63) is 66.0 Å². The van der Waals surface area contributed by atoms with Crippen molar-refractivity contribution in [2.45, 2.75) is 18.3 Å². The normalized spacial score (nSPS) is 11.4. The average molecular weight is 392 g/mol. The Kier molecular flexibility index (Phi) is 5.50. The first kappa shape index (κ1) is 19.0. The molecule has 1 N–H and O–H groups in total. The third-order valence-corrected chi connectivity index (χ3v) is 4.54. The van der Waals surface area contributed by atoms with Crippen molar-refractivity contribution >= 4 is 23.4 Å². The van der Waals surface area contributed by atoms with Crippen LogP contribution < -0.4 is 5.32 Å². The molecule has 0 radical (unpaired) electrons. The van der Waals surface area contributed by atoms with Crippen LogP contribution in [-0.2, 0) is 11.0 Å². The van der Waals surface area contributed by atoms with Crippen molar-refractivity contribution in [1.82, 2.24) is 14.8 Å². The lowest BCUT2D eigenvalue weighted by atomic mass is 10.2. The number of aromatic nitrogens is 3. The summed E-state index contributed by atoms with van der Waals surface area (Å²) < 4.78 is 40.1. The summed E-state index contributed by atoms with van der Waals surface area (Å²) in [5.74, 6) is 0.225. The molecular weight excluding hydrogens is 377 g/mol. The van der Waals surface area contributed by atoms with E-state index in [2.05, 4.69) is 15.5 Å². The maximum atomic E-state index is 12.7. The first-order valence-electron chi connectivity index (χ1n) is 7.92. The van der Waals surface area contributed by atoms with Gasteiger partial charge in [-0.15, -0.1) is 10.2 Å². The number of para-hydroxylation sites is 1. The van der Waals surface area contributed by atoms with Crippen LogP contribution in [0.5, 0.6) is 0 Å². The summed E-state index contributed by atoms with van der Waals surface area (Å²) in [5, 5.41) is 11.1. The molecule has 140 valence electrons. The number of benzene rings is 2. The summed E-state index contributed by atoms with van der Waals surface area (Å²) in [6, 6.07) is 13.9. The molecule has 9 heteroatoms. The van der Waals surface area contributed by atoms with Gasteiger partial charge < -0.3 is 5.32 Å². The molecule has 2 aromatic carbocycles. The molecule has 0 aliphatic heterocycles. The summed E-state index contributed by atoms with van der Waals surface area (Å²) in [5.41, 5.74) is 0.143. The van der Waals surface area contributed by atoms with E-state index in [1.807, 2.05) is 34.9 Å². The van der Waals surface area contributed by atoms with Gasteiger partial charge in [-0.3, -0.25) is 9.36 Å². The number of amides is 1. The van der Waals surface area contributed by atoms with Gasteiger partial charge in [0.05, 0.1) is 11.3 Å². The predicted molar refractivity (Wildman–Crippen MR) is 96.9 cm³/mol. The van der Waals surface area contributed by atoms with Crippen LogP contribution in [-0.4, -0.2) is 26.4 Å². The molecule has 0 atom stereocenters. The van der Waals surface area contributed by atoms with Gasteiger partial charge in [0.1, 0.15) is 5.82 Å². The van der Waals surface area contributed by atoms with E-state index in [1.165, 1.54) is 12.1 Å². The third-order valence-electron chi connectivity index (χ3n) is 3.62. The summed E-state index contributed by atoms with van der Waals surface area (Å²) in [7, 11) is 0. The zero-order valence-corrected chi connectivity index (χ0v) is 15.0. The minimum absolute atomic E-state index is 0.0127. The monoisotopic (exact) mass is 392 g/mol. The van der Waals surface area contributed by atoms with Gasteiger partial charge in [0, 0.05) is 11.4 Å². The summed E-state index contributed by atoms with van der Waals surface area (Å²) in [4.78, 5) is 12.1. The second-order valence-corrected chi connectivity index (χ2v) is 6.56. The van der Waals surface area contributed by atoms with Gasteiger partial charge in [-0.05, 0) is 37.3 Å². The van der Waals surface area contributed by atoms with E-state index in [1.54, 1.807) is 6.92 Å². The summed E-state index contributed by atoms with van der Waals surface area (Å²) in [6.45, 7) is 1.80. The van der Waals surface area contributed by atoms with Crippen LogP contribution in [0.3, 0.4) is 0 Å². The molecule has 0 saturated carbocycles. The fourth-order valence-corrected chi connectivity index (χ4v) is 3.21. The Balaban J connectivity index is 1.67. The minimum Gasteiger partial charge on any atom is -0.325 e. The molecule has 1 heterocycles. The first-order chi connectivity index (χ1) is 12.8. The van der Waals surface area contributed by atoms with Crippen LogP contribution in [0.15, 0.2) is 59.8 Å². The van der Waals surface area contributed by atoms with Crippen molar-refractivity contribution in [2.24, 2.45) is 0 Å². The van der Waals surface area contributed by atoms with Gasteiger partial charge in [0.15, 0.2) is 5.16 Å². The summed E-state index contributed by atoms with van der Waals surface area (Å²) in [6.07, 6.45) is -4.46. The number of alkyl halides is 3. The zero-order chi connectivity index (χ0) is 19.4. The number of carbonyl (C=O) groups is 1. The second kappa shape index (κ2) is 7.83. The van der Waals surface area contributed by atoms with Gasteiger partial charge in [-0.2, -0.15) is 13.2 Å². The highest BCUT2D eigenvalue weighted by Gasteiger charge is 2.30. The standard InChI is InChI=1S/C18H15F3N4OS/c1-12-23-24-17(25(12)15-8-3-2-4-9-15)27-11-16(26)22-14-7-5-6-13(10-14)18(19,20)21/h2-10H,11H2,1H3,(H,22,26). The Hall–Kier alpha value is -2.81. The van der Waals surface area contributed by atoms with E-state index in [-0.39, 0.29) is 11.4 Å². The van der Waals surface area contributed by atoms with Gasteiger partial charge in [-0.1, -0.05) is 36.0 Å². The minimum atomic E-state index is -4.46. The number of anilines is 1. The number of hydrogen-bond donors (Lipinski definition) is 1. The lowest BCUT2D eigenvalue weighted by Gasteiger charge is -2.10. The van der Waals surface area contributed by atoms with E-state index in [4.69, 9.17) is 0 Å². The SMILES string of the molecule is Cc1nnc(SCC(=O)Nc2cccc(C(F)(F)F)c2)n1-c1ccccc1. The van der Waals surface area contributed by atoms with E-state index in [0.29, 0.717) is 11.0 Å². The fourth-order valence-electron chi connectivity index (χ4n) is 2.41. The smallest absolute Gasteiger partial charge is 0.325 e. The molecule has 1 aromatic heterocycles. The average Bonchev–Trinajstić information content (AvgIpc) is 3.01. The second-order valence-electron chi connectivity index (χ2n) is 5.62. The largest absolute Gasteiger partial charge is 0.416 e. The van der Waals surface area contributed by atoms with Crippen LogP contribution in [0, 0.1) is 6.92 Å². The van der Waals surface area contributed by atoms with Gasteiger partial charge in [-0.25, -0.2) is 0 Å². The van der Waals surface area contributed by atoms with Crippen LogP contribution >= 0.6 is 11.8 Å². The molecule has 0 fully saturated rings. The number of aryl methyl sites for hydroxylation is 1. The first-order valence-corrected chi connectivity index (χ1v) is 8.90. The quantitative estimate of drug-likeness (QED) is 0.657. The number of nitrogens with one attached hydrogen (secondary N) is 1.